The zero-order valence-corrected chi connectivity index (χ0v) is 12.6. The highest BCUT2D eigenvalue weighted by Gasteiger charge is 2.36. The minimum atomic E-state index is -0.664. The second-order valence-electron chi connectivity index (χ2n) is 5.49. The van der Waals surface area contributed by atoms with Crippen LogP contribution < -0.4 is 4.74 Å². The Morgan fingerprint density at radius 3 is 3.00 bits per heavy atom. The monoisotopic (exact) mass is 316 g/mol. The van der Waals surface area contributed by atoms with Crippen LogP contribution in [0.1, 0.15) is 28.4 Å². The minimum Gasteiger partial charge on any atom is -0.497 e. The molecule has 1 aliphatic heterocycles. The van der Waals surface area contributed by atoms with Crippen molar-refractivity contribution >= 4 is 5.91 Å². The van der Waals surface area contributed by atoms with E-state index in [9.17, 15) is 14.3 Å². The molecule has 1 fully saturated rings. The number of likely N-dealkylation sites (tertiary alicyclic amines) is 1. The maximum absolute atomic E-state index is 13.8. The largest absolute Gasteiger partial charge is 0.497 e. The number of methoxy groups -OCH3 is 1. The number of rotatable bonds is 3. The maximum atomic E-state index is 13.8. The van der Waals surface area contributed by atoms with Crippen LogP contribution in [-0.4, -0.2) is 40.7 Å². The molecule has 5 nitrogen and oxygen atoms in total. The summed E-state index contributed by atoms with van der Waals surface area (Å²) in [5.74, 6) is -0.441. The number of aliphatic hydroxyl groups is 1. The molecule has 1 aromatic carbocycles. The van der Waals surface area contributed by atoms with Gasteiger partial charge in [0.1, 0.15) is 5.75 Å². The smallest absolute Gasteiger partial charge is 0.257 e. The molecule has 23 heavy (non-hydrogen) atoms. The fourth-order valence-corrected chi connectivity index (χ4v) is 2.91. The molecule has 1 N–H and O–H groups in total. The standard InChI is InChI=1S/C17H17FN2O3/c1-23-13-4-2-3-11(7-13)16-8-12(21)10-20(16)17(22)14-5-6-19-9-15(14)18/h2-7,9,12,16,21H,8,10H2,1H3. The van der Waals surface area contributed by atoms with Crippen molar-refractivity contribution in [3.8, 4) is 5.75 Å². The van der Waals surface area contributed by atoms with E-state index in [4.69, 9.17) is 4.74 Å². The summed E-state index contributed by atoms with van der Waals surface area (Å²) in [4.78, 5) is 17.8. The van der Waals surface area contributed by atoms with Gasteiger partial charge in [-0.1, -0.05) is 12.1 Å². The Morgan fingerprint density at radius 2 is 2.26 bits per heavy atom. The number of ether oxygens (including phenoxy) is 1. The number of halogens is 1. The molecule has 0 radical (unpaired) electrons. The van der Waals surface area contributed by atoms with Gasteiger partial charge in [0.05, 0.1) is 31.0 Å². The van der Waals surface area contributed by atoms with Crippen LogP contribution in [0.25, 0.3) is 0 Å². The maximum Gasteiger partial charge on any atom is 0.257 e. The van der Waals surface area contributed by atoms with Gasteiger partial charge in [-0.05, 0) is 30.2 Å². The van der Waals surface area contributed by atoms with Gasteiger partial charge in [-0.15, -0.1) is 0 Å². The predicted molar refractivity (Wildman–Crippen MR) is 81.6 cm³/mol. The van der Waals surface area contributed by atoms with E-state index in [0.29, 0.717) is 12.2 Å². The Kier molecular flexibility index (Phi) is 4.25. The molecule has 1 amide bonds. The van der Waals surface area contributed by atoms with Crippen LogP contribution in [0.5, 0.6) is 5.75 Å². The summed E-state index contributed by atoms with van der Waals surface area (Å²) in [5, 5.41) is 9.99. The Hall–Kier alpha value is -2.47. The molecule has 2 unspecified atom stereocenters. The van der Waals surface area contributed by atoms with Crippen LogP contribution >= 0.6 is 0 Å². The second kappa shape index (κ2) is 6.34. The fraction of sp³-hybridized carbons (Fsp3) is 0.294. The van der Waals surface area contributed by atoms with E-state index >= 15 is 0 Å². The van der Waals surface area contributed by atoms with E-state index in [1.807, 2.05) is 24.3 Å². The lowest BCUT2D eigenvalue weighted by molar-refractivity contribution is 0.0710. The quantitative estimate of drug-likeness (QED) is 0.943. The Balaban J connectivity index is 1.93. The first-order chi connectivity index (χ1) is 11.1. The van der Waals surface area contributed by atoms with Gasteiger partial charge in [0.2, 0.25) is 0 Å². The molecule has 2 heterocycles. The van der Waals surface area contributed by atoms with Gasteiger partial charge < -0.3 is 14.7 Å². The highest BCUT2D eigenvalue weighted by molar-refractivity contribution is 5.94. The fourth-order valence-electron chi connectivity index (χ4n) is 2.91. The Labute approximate surface area is 133 Å². The molecule has 0 spiro atoms. The number of benzene rings is 1. The first-order valence-electron chi connectivity index (χ1n) is 7.32. The van der Waals surface area contributed by atoms with Crippen molar-refractivity contribution in [2.75, 3.05) is 13.7 Å². The number of carbonyl (C=O) groups excluding carboxylic acids is 1. The lowest BCUT2D eigenvalue weighted by atomic mass is 10.0. The number of aliphatic hydroxyl groups excluding tert-OH is 1. The SMILES string of the molecule is COc1cccc(C2CC(O)CN2C(=O)c2ccncc2F)c1. The van der Waals surface area contributed by atoms with Crippen LogP contribution in [0, 0.1) is 5.82 Å². The molecule has 2 atom stereocenters. The van der Waals surface area contributed by atoms with Gasteiger partial charge in [0.25, 0.3) is 5.91 Å². The number of nitrogens with zero attached hydrogens (tertiary/aromatic N) is 2. The summed E-state index contributed by atoms with van der Waals surface area (Å²) >= 11 is 0. The topological polar surface area (TPSA) is 62.7 Å². The molecule has 1 aliphatic rings. The van der Waals surface area contributed by atoms with Crippen molar-refractivity contribution in [2.45, 2.75) is 18.6 Å². The van der Waals surface area contributed by atoms with Crippen molar-refractivity contribution in [3.63, 3.8) is 0 Å². The van der Waals surface area contributed by atoms with Gasteiger partial charge >= 0.3 is 0 Å². The molecule has 0 bridgehead atoms. The predicted octanol–water partition coefficient (Wildman–Crippen LogP) is 2.18. The van der Waals surface area contributed by atoms with Crippen LogP contribution in [-0.2, 0) is 0 Å². The highest BCUT2D eigenvalue weighted by Crippen LogP contribution is 2.34. The zero-order chi connectivity index (χ0) is 16.4. The summed E-state index contributed by atoms with van der Waals surface area (Å²) in [6.45, 7) is 0.169. The molecule has 1 saturated heterocycles. The summed E-state index contributed by atoms with van der Waals surface area (Å²) in [5.41, 5.74) is 0.811. The summed E-state index contributed by atoms with van der Waals surface area (Å²) in [7, 11) is 1.57. The van der Waals surface area contributed by atoms with Crippen LogP contribution in [0.15, 0.2) is 42.7 Å². The molecule has 6 heteroatoms. The van der Waals surface area contributed by atoms with Crippen LogP contribution in [0.2, 0.25) is 0 Å². The number of aromatic nitrogens is 1. The van der Waals surface area contributed by atoms with Crippen molar-refractivity contribution in [2.24, 2.45) is 0 Å². The molecule has 2 aromatic rings. The minimum absolute atomic E-state index is 0.0398. The Bertz CT molecular complexity index is 722. The molecular formula is C17H17FN2O3. The second-order valence-corrected chi connectivity index (χ2v) is 5.49. The van der Waals surface area contributed by atoms with E-state index in [2.05, 4.69) is 4.98 Å². The molecular weight excluding hydrogens is 299 g/mol. The molecule has 0 aliphatic carbocycles. The third-order valence-corrected chi connectivity index (χ3v) is 4.02. The van der Waals surface area contributed by atoms with E-state index < -0.39 is 17.8 Å². The average molecular weight is 316 g/mol. The van der Waals surface area contributed by atoms with Gasteiger partial charge in [0, 0.05) is 12.7 Å². The highest BCUT2D eigenvalue weighted by atomic mass is 19.1. The van der Waals surface area contributed by atoms with Gasteiger partial charge in [-0.2, -0.15) is 0 Å². The van der Waals surface area contributed by atoms with Gasteiger partial charge in [0.15, 0.2) is 5.82 Å². The van der Waals surface area contributed by atoms with Crippen molar-refractivity contribution in [1.29, 1.82) is 0 Å². The lowest BCUT2D eigenvalue weighted by Gasteiger charge is -2.25. The number of amides is 1. The zero-order valence-electron chi connectivity index (χ0n) is 12.6. The van der Waals surface area contributed by atoms with E-state index in [-0.39, 0.29) is 18.2 Å². The summed E-state index contributed by atoms with van der Waals surface area (Å²) in [6.07, 6.45) is 2.16. The van der Waals surface area contributed by atoms with Crippen molar-refractivity contribution in [1.82, 2.24) is 9.88 Å². The summed E-state index contributed by atoms with van der Waals surface area (Å²) in [6, 6.07) is 8.36. The third-order valence-electron chi connectivity index (χ3n) is 4.02. The number of hydrogen-bond acceptors (Lipinski definition) is 4. The summed E-state index contributed by atoms with van der Waals surface area (Å²) < 4.78 is 19.1. The molecule has 0 saturated carbocycles. The normalized spacial score (nSPS) is 20.6. The lowest BCUT2D eigenvalue weighted by Crippen LogP contribution is -2.32. The van der Waals surface area contributed by atoms with E-state index in [0.717, 1.165) is 11.8 Å². The number of β-amino-alcohol motifs (C(OH)–C–C–N with tert-alkyl or cyclic N) is 1. The average Bonchev–Trinajstić information content (AvgIpc) is 2.96. The van der Waals surface area contributed by atoms with E-state index in [1.165, 1.54) is 17.2 Å². The van der Waals surface area contributed by atoms with Crippen molar-refractivity contribution in [3.05, 3.63) is 59.7 Å². The molecule has 120 valence electrons. The van der Waals surface area contributed by atoms with Crippen LogP contribution in [0.3, 0.4) is 0 Å². The first kappa shape index (κ1) is 15.4. The van der Waals surface area contributed by atoms with Crippen LogP contribution in [0.4, 0.5) is 4.39 Å². The van der Waals surface area contributed by atoms with E-state index in [1.54, 1.807) is 7.11 Å². The number of carbonyl (C=O) groups is 1. The van der Waals surface area contributed by atoms with Gasteiger partial charge in [-0.25, -0.2) is 4.39 Å². The number of pyridine rings is 1. The molecule has 1 aromatic heterocycles. The van der Waals surface area contributed by atoms with Gasteiger partial charge in [-0.3, -0.25) is 9.78 Å². The Morgan fingerprint density at radius 1 is 1.43 bits per heavy atom. The third kappa shape index (κ3) is 3.03. The first-order valence-corrected chi connectivity index (χ1v) is 7.32. The van der Waals surface area contributed by atoms with Crippen molar-refractivity contribution < 1.29 is 19.0 Å². The number of hydrogen-bond donors (Lipinski definition) is 1. The molecule has 3 rings (SSSR count).